The van der Waals surface area contributed by atoms with Crippen molar-refractivity contribution in [3.8, 4) is 0 Å². The van der Waals surface area contributed by atoms with Crippen molar-refractivity contribution < 1.29 is 0 Å². The summed E-state index contributed by atoms with van der Waals surface area (Å²) in [6.45, 7) is 6.15. The Morgan fingerprint density at radius 3 is 2.38 bits per heavy atom. The normalized spacial score (nSPS) is 10.5. The first-order valence-electron chi connectivity index (χ1n) is 7.59. The standard InChI is InChI=1S/C18H18BrN5/c1-11-5-4-6-12(2)17(11)22-16-10-20-24-18(23-16)21-15-8-7-14(19)9-13(15)3/h4-10H,1-3H3,(H2,21,22,23,24). The van der Waals surface area contributed by atoms with Crippen LogP contribution in [0.3, 0.4) is 0 Å². The molecule has 0 bridgehead atoms. The summed E-state index contributed by atoms with van der Waals surface area (Å²) in [6.07, 6.45) is 1.62. The number of nitrogens with one attached hydrogen (secondary N) is 2. The number of hydrogen-bond acceptors (Lipinski definition) is 5. The molecule has 24 heavy (non-hydrogen) atoms. The van der Waals surface area contributed by atoms with Gasteiger partial charge >= 0.3 is 0 Å². The van der Waals surface area contributed by atoms with Gasteiger partial charge in [0.1, 0.15) is 0 Å². The molecule has 0 saturated heterocycles. The molecule has 3 aromatic rings. The molecule has 5 nitrogen and oxygen atoms in total. The maximum absolute atomic E-state index is 4.50. The smallest absolute Gasteiger partial charge is 0.249 e. The Bertz CT molecular complexity index is 859. The van der Waals surface area contributed by atoms with Crippen LogP contribution in [0.2, 0.25) is 0 Å². The van der Waals surface area contributed by atoms with Crippen molar-refractivity contribution in [2.75, 3.05) is 10.6 Å². The third-order valence-corrected chi connectivity index (χ3v) is 4.22. The molecule has 1 heterocycles. The number of nitrogens with zero attached hydrogens (tertiary/aromatic N) is 3. The molecule has 0 unspecified atom stereocenters. The zero-order chi connectivity index (χ0) is 17.1. The number of hydrogen-bond donors (Lipinski definition) is 2. The van der Waals surface area contributed by atoms with E-state index in [2.05, 4.69) is 67.7 Å². The van der Waals surface area contributed by atoms with Crippen LogP contribution in [-0.4, -0.2) is 15.2 Å². The number of anilines is 4. The molecule has 2 aromatic carbocycles. The number of aromatic nitrogens is 3. The molecule has 2 N–H and O–H groups in total. The van der Waals surface area contributed by atoms with Crippen LogP contribution in [0.1, 0.15) is 16.7 Å². The molecule has 0 spiro atoms. The first-order valence-corrected chi connectivity index (χ1v) is 8.38. The first kappa shape index (κ1) is 16.4. The van der Waals surface area contributed by atoms with Crippen LogP contribution in [0.5, 0.6) is 0 Å². The lowest BCUT2D eigenvalue weighted by atomic mass is 10.1. The summed E-state index contributed by atoms with van der Waals surface area (Å²) < 4.78 is 1.04. The maximum atomic E-state index is 4.50. The van der Waals surface area contributed by atoms with Crippen LogP contribution in [0.25, 0.3) is 0 Å². The predicted octanol–water partition coefficient (Wildman–Crippen LogP) is 5.05. The third-order valence-electron chi connectivity index (χ3n) is 3.73. The highest BCUT2D eigenvalue weighted by Gasteiger charge is 2.07. The molecule has 0 aliphatic carbocycles. The van der Waals surface area contributed by atoms with Gasteiger partial charge in [-0.2, -0.15) is 10.1 Å². The summed E-state index contributed by atoms with van der Waals surface area (Å²) in [7, 11) is 0. The summed E-state index contributed by atoms with van der Waals surface area (Å²) in [5.41, 5.74) is 5.41. The largest absolute Gasteiger partial charge is 0.338 e. The van der Waals surface area contributed by atoms with Crippen molar-refractivity contribution in [2.45, 2.75) is 20.8 Å². The fraction of sp³-hybridized carbons (Fsp3) is 0.167. The van der Waals surface area contributed by atoms with Crippen LogP contribution in [-0.2, 0) is 0 Å². The lowest BCUT2D eigenvalue weighted by Crippen LogP contribution is -2.04. The zero-order valence-corrected chi connectivity index (χ0v) is 15.3. The van der Waals surface area contributed by atoms with Gasteiger partial charge in [0.25, 0.3) is 0 Å². The molecule has 122 valence electrons. The van der Waals surface area contributed by atoms with Crippen molar-refractivity contribution >= 4 is 39.1 Å². The molecule has 0 amide bonds. The van der Waals surface area contributed by atoms with Crippen LogP contribution < -0.4 is 10.6 Å². The lowest BCUT2D eigenvalue weighted by Gasteiger charge is -2.13. The van der Waals surface area contributed by atoms with Gasteiger partial charge in [0.2, 0.25) is 5.95 Å². The van der Waals surface area contributed by atoms with E-state index >= 15 is 0 Å². The van der Waals surface area contributed by atoms with Crippen LogP contribution in [0.15, 0.2) is 47.1 Å². The van der Waals surface area contributed by atoms with E-state index < -0.39 is 0 Å². The Balaban J connectivity index is 1.84. The van der Waals surface area contributed by atoms with Gasteiger partial charge in [-0.05, 0) is 55.7 Å². The highest BCUT2D eigenvalue weighted by Crippen LogP contribution is 2.25. The topological polar surface area (TPSA) is 62.7 Å². The van der Waals surface area contributed by atoms with Crippen molar-refractivity contribution in [3.05, 3.63) is 63.8 Å². The Labute approximate surface area is 149 Å². The van der Waals surface area contributed by atoms with Crippen molar-refractivity contribution in [2.24, 2.45) is 0 Å². The van der Waals surface area contributed by atoms with E-state index in [9.17, 15) is 0 Å². The van der Waals surface area contributed by atoms with Crippen LogP contribution in [0.4, 0.5) is 23.1 Å². The van der Waals surface area contributed by atoms with E-state index in [-0.39, 0.29) is 0 Å². The van der Waals surface area contributed by atoms with Crippen LogP contribution >= 0.6 is 15.9 Å². The second kappa shape index (κ2) is 6.97. The quantitative estimate of drug-likeness (QED) is 0.659. The molecular formula is C18H18BrN5. The maximum Gasteiger partial charge on any atom is 0.249 e. The minimum atomic E-state index is 0.455. The monoisotopic (exact) mass is 383 g/mol. The van der Waals surface area contributed by atoms with Crippen molar-refractivity contribution in [1.82, 2.24) is 15.2 Å². The molecule has 3 rings (SSSR count). The molecule has 0 radical (unpaired) electrons. The molecule has 1 aromatic heterocycles. The summed E-state index contributed by atoms with van der Waals surface area (Å²) in [5, 5.41) is 14.6. The van der Waals surface area contributed by atoms with Crippen LogP contribution in [0, 0.1) is 20.8 Å². The molecular weight excluding hydrogens is 366 g/mol. The summed E-state index contributed by atoms with van der Waals surface area (Å²) in [6, 6.07) is 12.2. The minimum absolute atomic E-state index is 0.455. The summed E-state index contributed by atoms with van der Waals surface area (Å²) >= 11 is 3.46. The number of para-hydroxylation sites is 1. The molecule has 0 saturated carbocycles. The molecule has 0 aliphatic heterocycles. The second-order valence-electron chi connectivity index (χ2n) is 5.64. The molecule has 0 atom stereocenters. The van der Waals surface area contributed by atoms with E-state index in [1.54, 1.807) is 6.20 Å². The Morgan fingerprint density at radius 1 is 0.917 bits per heavy atom. The zero-order valence-electron chi connectivity index (χ0n) is 13.8. The van der Waals surface area contributed by atoms with E-state index in [1.807, 2.05) is 31.2 Å². The average Bonchev–Trinajstić information content (AvgIpc) is 2.54. The first-order chi connectivity index (χ1) is 11.5. The van der Waals surface area contributed by atoms with Gasteiger partial charge in [0.05, 0.1) is 6.20 Å². The fourth-order valence-corrected chi connectivity index (χ4v) is 2.92. The van der Waals surface area contributed by atoms with Gasteiger partial charge in [-0.25, -0.2) is 0 Å². The lowest BCUT2D eigenvalue weighted by molar-refractivity contribution is 0.981. The van der Waals surface area contributed by atoms with Gasteiger partial charge < -0.3 is 10.6 Å². The predicted molar refractivity (Wildman–Crippen MR) is 101 cm³/mol. The number of halogens is 1. The summed E-state index contributed by atoms with van der Waals surface area (Å²) in [5.74, 6) is 1.11. The van der Waals surface area contributed by atoms with E-state index in [1.165, 1.54) is 0 Å². The molecule has 6 heteroatoms. The molecule has 0 fully saturated rings. The van der Waals surface area contributed by atoms with E-state index in [0.29, 0.717) is 11.8 Å². The molecule has 0 aliphatic rings. The van der Waals surface area contributed by atoms with E-state index in [4.69, 9.17) is 0 Å². The third kappa shape index (κ3) is 3.71. The van der Waals surface area contributed by atoms with Crippen molar-refractivity contribution in [3.63, 3.8) is 0 Å². The number of aryl methyl sites for hydroxylation is 3. The van der Waals surface area contributed by atoms with Gasteiger partial charge in [0.15, 0.2) is 5.82 Å². The number of benzene rings is 2. The van der Waals surface area contributed by atoms with E-state index in [0.717, 1.165) is 32.5 Å². The average molecular weight is 384 g/mol. The summed E-state index contributed by atoms with van der Waals surface area (Å²) in [4.78, 5) is 4.50. The number of rotatable bonds is 4. The Hall–Kier alpha value is -2.47. The van der Waals surface area contributed by atoms with Crippen molar-refractivity contribution in [1.29, 1.82) is 0 Å². The van der Waals surface area contributed by atoms with Gasteiger partial charge in [-0.3, -0.25) is 0 Å². The minimum Gasteiger partial charge on any atom is -0.338 e. The Kier molecular flexibility index (Phi) is 4.76. The van der Waals surface area contributed by atoms with Gasteiger partial charge in [0, 0.05) is 15.8 Å². The van der Waals surface area contributed by atoms with Gasteiger partial charge in [-0.15, -0.1) is 5.10 Å². The highest BCUT2D eigenvalue weighted by atomic mass is 79.9. The Morgan fingerprint density at radius 2 is 1.67 bits per heavy atom. The fourth-order valence-electron chi connectivity index (χ4n) is 2.44. The second-order valence-corrected chi connectivity index (χ2v) is 6.56. The van der Waals surface area contributed by atoms with Gasteiger partial charge in [-0.1, -0.05) is 34.1 Å². The SMILES string of the molecule is Cc1cc(Br)ccc1Nc1nncc(Nc2c(C)cccc2C)n1. The highest BCUT2D eigenvalue weighted by molar-refractivity contribution is 9.10.